The van der Waals surface area contributed by atoms with Crippen LogP contribution in [0.15, 0.2) is 11.6 Å². The minimum Gasteiger partial charge on any atom is -0.461 e. The Morgan fingerprint density at radius 3 is 2.60 bits per heavy atom. The maximum atomic E-state index is 10.6. The summed E-state index contributed by atoms with van der Waals surface area (Å²) in [5, 5.41) is 19.4. The Hall–Kier alpha value is 0.0900. The Morgan fingerprint density at radius 2 is 2.07 bits per heavy atom. The van der Waals surface area contributed by atoms with Gasteiger partial charge in [0.1, 0.15) is 6.61 Å². The van der Waals surface area contributed by atoms with Crippen LogP contribution in [0.3, 0.4) is 0 Å². The number of halogens is 2. The summed E-state index contributed by atoms with van der Waals surface area (Å²) < 4.78 is 4.77. The van der Waals surface area contributed by atoms with Crippen molar-refractivity contribution < 1.29 is 19.7 Å². The zero-order valence-corrected chi connectivity index (χ0v) is 11.2. The van der Waals surface area contributed by atoms with Crippen molar-refractivity contribution in [2.75, 3.05) is 6.61 Å². The van der Waals surface area contributed by atoms with E-state index in [-0.39, 0.29) is 16.3 Å². The molecule has 0 aromatic heterocycles. The van der Waals surface area contributed by atoms with Gasteiger partial charge in [-0.15, -0.1) is 0 Å². The van der Waals surface area contributed by atoms with Gasteiger partial charge in [-0.05, 0) is 11.6 Å². The molecule has 0 saturated carbocycles. The van der Waals surface area contributed by atoms with Crippen LogP contribution in [-0.2, 0) is 9.53 Å². The van der Waals surface area contributed by atoms with Gasteiger partial charge in [0, 0.05) is 6.92 Å². The van der Waals surface area contributed by atoms with Crippen molar-refractivity contribution >= 4 is 37.8 Å². The van der Waals surface area contributed by atoms with Gasteiger partial charge in [0.2, 0.25) is 0 Å². The first-order chi connectivity index (χ1) is 6.93. The van der Waals surface area contributed by atoms with Crippen molar-refractivity contribution in [1.82, 2.24) is 0 Å². The molecule has 0 unspecified atom stereocenters. The summed E-state index contributed by atoms with van der Waals surface area (Å²) >= 11 is 6.53. The molecule has 1 aliphatic carbocycles. The Bertz CT molecular complexity index is 279. The van der Waals surface area contributed by atoms with Crippen molar-refractivity contribution in [3.05, 3.63) is 11.6 Å². The Balaban J connectivity index is 2.70. The smallest absolute Gasteiger partial charge is 0.302 e. The molecule has 15 heavy (non-hydrogen) atoms. The van der Waals surface area contributed by atoms with Crippen molar-refractivity contribution in [3.8, 4) is 0 Å². The number of alkyl halides is 2. The van der Waals surface area contributed by atoms with Crippen molar-refractivity contribution in [1.29, 1.82) is 0 Å². The lowest BCUT2D eigenvalue weighted by Crippen LogP contribution is -2.42. The average Bonchev–Trinajstić information content (AvgIpc) is 2.18. The second-order valence-electron chi connectivity index (χ2n) is 3.35. The fourth-order valence-corrected chi connectivity index (χ4v) is 2.39. The molecule has 0 saturated heterocycles. The molecule has 4 atom stereocenters. The predicted octanol–water partition coefficient (Wildman–Crippen LogP) is 0.738. The largest absolute Gasteiger partial charge is 0.461 e. The molecule has 1 aliphatic rings. The van der Waals surface area contributed by atoms with Gasteiger partial charge in [0.05, 0.1) is 21.9 Å². The third-order valence-corrected chi connectivity index (χ3v) is 5.03. The maximum absolute atomic E-state index is 10.6. The van der Waals surface area contributed by atoms with E-state index in [0.29, 0.717) is 5.57 Å². The highest BCUT2D eigenvalue weighted by atomic mass is 79.9. The first kappa shape index (κ1) is 13.2. The number of carbonyl (C=O) groups is 1. The molecule has 0 radical (unpaired) electrons. The van der Waals surface area contributed by atoms with Crippen molar-refractivity contribution in [2.45, 2.75) is 28.8 Å². The fraction of sp³-hybridized carbons (Fsp3) is 0.667. The highest BCUT2D eigenvalue weighted by Gasteiger charge is 2.35. The number of aliphatic hydroxyl groups excluding tert-OH is 2. The molecule has 6 heteroatoms. The lowest BCUT2D eigenvalue weighted by molar-refractivity contribution is -0.140. The van der Waals surface area contributed by atoms with E-state index in [2.05, 4.69) is 31.9 Å². The van der Waals surface area contributed by atoms with E-state index < -0.39 is 18.2 Å². The summed E-state index contributed by atoms with van der Waals surface area (Å²) in [6, 6.07) is 0. The zero-order valence-electron chi connectivity index (χ0n) is 8.06. The standard InChI is InChI=1S/C9H12Br2O4/c1-4(12)15-3-5-2-6(13)7(10)8(11)9(5)14/h2,6-9,13-14H,3H2,1H3/t6-,7+,8-,9-/m0/s1. The average molecular weight is 344 g/mol. The van der Waals surface area contributed by atoms with E-state index in [4.69, 9.17) is 4.74 Å². The van der Waals surface area contributed by atoms with E-state index in [1.807, 2.05) is 0 Å². The number of esters is 1. The van der Waals surface area contributed by atoms with Crippen molar-refractivity contribution in [2.24, 2.45) is 0 Å². The third-order valence-electron chi connectivity index (χ3n) is 2.14. The predicted molar refractivity (Wildman–Crippen MR) is 62.2 cm³/mol. The Kier molecular flexibility index (Phi) is 4.76. The number of ether oxygens (including phenoxy) is 1. The molecule has 0 aliphatic heterocycles. The minimum atomic E-state index is -0.767. The second-order valence-corrected chi connectivity index (χ2v) is 5.46. The summed E-state index contributed by atoms with van der Waals surface area (Å²) in [5.74, 6) is -0.412. The van der Waals surface area contributed by atoms with Crippen LogP contribution in [0, 0.1) is 0 Å². The number of rotatable bonds is 2. The fourth-order valence-electron chi connectivity index (χ4n) is 1.30. The molecule has 0 aromatic carbocycles. The molecule has 4 nitrogen and oxygen atoms in total. The van der Waals surface area contributed by atoms with Crippen LogP contribution < -0.4 is 0 Å². The highest BCUT2D eigenvalue weighted by molar-refractivity contribution is 9.12. The van der Waals surface area contributed by atoms with Gasteiger partial charge in [-0.2, -0.15) is 0 Å². The van der Waals surface area contributed by atoms with Crippen LogP contribution in [0.1, 0.15) is 6.92 Å². The summed E-state index contributed by atoms with van der Waals surface area (Å²) in [7, 11) is 0. The minimum absolute atomic E-state index is 0.00931. The zero-order chi connectivity index (χ0) is 11.6. The topological polar surface area (TPSA) is 66.8 Å². The van der Waals surface area contributed by atoms with Gasteiger partial charge >= 0.3 is 5.97 Å². The summed E-state index contributed by atoms with van der Waals surface area (Å²) in [5.41, 5.74) is 0.510. The van der Waals surface area contributed by atoms with Crippen LogP contribution in [0.5, 0.6) is 0 Å². The molecule has 0 fully saturated rings. The summed E-state index contributed by atoms with van der Waals surface area (Å²) in [4.78, 5) is 10.0. The third kappa shape index (κ3) is 3.27. The van der Waals surface area contributed by atoms with Gasteiger partial charge in [0.15, 0.2) is 0 Å². The second kappa shape index (κ2) is 5.43. The lowest BCUT2D eigenvalue weighted by Gasteiger charge is -2.31. The molecule has 1 rings (SSSR count). The van der Waals surface area contributed by atoms with E-state index in [0.717, 1.165) is 0 Å². The normalized spacial score (nSPS) is 35.9. The lowest BCUT2D eigenvalue weighted by atomic mass is 9.95. The number of aliphatic hydroxyl groups is 2. The number of carbonyl (C=O) groups excluding carboxylic acids is 1. The molecule has 86 valence electrons. The summed E-state index contributed by atoms with van der Waals surface area (Å²) in [6.07, 6.45) is 0.0329. The van der Waals surface area contributed by atoms with Gasteiger partial charge in [0.25, 0.3) is 0 Å². The number of hydrogen-bond acceptors (Lipinski definition) is 4. The van der Waals surface area contributed by atoms with Crippen molar-refractivity contribution in [3.63, 3.8) is 0 Å². The van der Waals surface area contributed by atoms with Gasteiger partial charge < -0.3 is 14.9 Å². The first-order valence-electron chi connectivity index (χ1n) is 4.41. The van der Waals surface area contributed by atoms with E-state index in [1.54, 1.807) is 0 Å². The quantitative estimate of drug-likeness (QED) is 0.441. The number of hydrogen-bond donors (Lipinski definition) is 2. The molecule has 0 bridgehead atoms. The Labute approximate surface area is 105 Å². The molecule has 0 aromatic rings. The van der Waals surface area contributed by atoms with Gasteiger partial charge in [-0.3, -0.25) is 4.79 Å². The van der Waals surface area contributed by atoms with Crippen LogP contribution in [-0.4, -0.2) is 44.7 Å². The highest BCUT2D eigenvalue weighted by Crippen LogP contribution is 2.30. The molecular weight excluding hydrogens is 332 g/mol. The van der Waals surface area contributed by atoms with Crippen LogP contribution in [0.25, 0.3) is 0 Å². The summed E-state index contributed by atoms with van der Waals surface area (Å²) in [6.45, 7) is 1.31. The SMILES string of the molecule is CC(=O)OCC1=C[C@H](O)[C@@H](Br)[C@H](Br)[C@H]1O. The monoisotopic (exact) mass is 342 g/mol. The first-order valence-corrected chi connectivity index (χ1v) is 6.25. The molecular formula is C9H12Br2O4. The maximum Gasteiger partial charge on any atom is 0.302 e. The van der Waals surface area contributed by atoms with E-state index in [9.17, 15) is 15.0 Å². The van der Waals surface area contributed by atoms with Crippen LogP contribution in [0.2, 0.25) is 0 Å². The van der Waals surface area contributed by atoms with Gasteiger partial charge in [-0.1, -0.05) is 31.9 Å². The van der Waals surface area contributed by atoms with Crippen LogP contribution >= 0.6 is 31.9 Å². The van der Waals surface area contributed by atoms with E-state index >= 15 is 0 Å². The molecule has 0 spiro atoms. The Morgan fingerprint density at radius 1 is 1.47 bits per heavy atom. The molecule has 0 amide bonds. The molecule has 2 N–H and O–H groups in total. The van der Waals surface area contributed by atoms with Gasteiger partial charge in [-0.25, -0.2) is 0 Å². The van der Waals surface area contributed by atoms with Crippen LogP contribution in [0.4, 0.5) is 0 Å². The molecule has 0 heterocycles. The van der Waals surface area contributed by atoms with E-state index in [1.165, 1.54) is 13.0 Å².